The van der Waals surface area contributed by atoms with Gasteiger partial charge in [0.05, 0.1) is 0 Å². The SMILES string of the molecule is Cc1cc(N2CCCC(NC(=O)c3[nH]ccc3C)C2)nc(C)n1. The highest BCUT2D eigenvalue weighted by Gasteiger charge is 2.23. The second kappa shape index (κ2) is 6.40. The van der Waals surface area contributed by atoms with Gasteiger partial charge in [-0.15, -0.1) is 0 Å². The van der Waals surface area contributed by atoms with Crippen molar-refractivity contribution in [3.8, 4) is 0 Å². The highest BCUT2D eigenvalue weighted by Crippen LogP contribution is 2.19. The Hall–Kier alpha value is -2.37. The van der Waals surface area contributed by atoms with Gasteiger partial charge in [-0.2, -0.15) is 0 Å². The smallest absolute Gasteiger partial charge is 0.268 e. The van der Waals surface area contributed by atoms with Crippen molar-refractivity contribution < 1.29 is 4.79 Å². The van der Waals surface area contributed by atoms with Crippen LogP contribution in [-0.2, 0) is 0 Å². The Morgan fingerprint density at radius 2 is 2.17 bits per heavy atom. The molecule has 1 amide bonds. The fourth-order valence-electron chi connectivity index (χ4n) is 3.11. The summed E-state index contributed by atoms with van der Waals surface area (Å²) in [7, 11) is 0. The molecule has 1 saturated heterocycles. The first-order valence-corrected chi connectivity index (χ1v) is 8.05. The van der Waals surface area contributed by atoms with Gasteiger partial charge in [0.15, 0.2) is 0 Å². The molecule has 122 valence electrons. The summed E-state index contributed by atoms with van der Waals surface area (Å²) in [5.41, 5.74) is 2.59. The number of nitrogens with zero attached hydrogens (tertiary/aromatic N) is 3. The van der Waals surface area contributed by atoms with Crippen LogP contribution in [0.2, 0.25) is 0 Å². The average Bonchev–Trinajstić information content (AvgIpc) is 2.93. The molecule has 3 rings (SSSR count). The molecule has 6 nitrogen and oxygen atoms in total. The molecule has 2 N–H and O–H groups in total. The number of piperidine rings is 1. The number of hydrogen-bond donors (Lipinski definition) is 2. The lowest BCUT2D eigenvalue weighted by atomic mass is 10.1. The summed E-state index contributed by atoms with van der Waals surface area (Å²) in [6, 6.07) is 4.05. The Balaban J connectivity index is 1.68. The van der Waals surface area contributed by atoms with Crippen LogP contribution >= 0.6 is 0 Å². The number of amides is 1. The third kappa shape index (κ3) is 3.52. The van der Waals surface area contributed by atoms with Gasteiger partial charge in [0.1, 0.15) is 17.3 Å². The van der Waals surface area contributed by atoms with Crippen molar-refractivity contribution in [1.82, 2.24) is 20.3 Å². The van der Waals surface area contributed by atoms with E-state index in [2.05, 4.69) is 25.2 Å². The molecule has 0 spiro atoms. The number of H-pyrrole nitrogens is 1. The summed E-state index contributed by atoms with van der Waals surface area (Å²) >= 11 is 0. The van der Waals surface area contributed by atoms with E-state index in [-0.39, 0.29) is 11.9 Å². The molecular weight excluding hydrogens is 290 g/mol. The lowest BCUT2D eigenvalue weighted by Gasteiger charge is -2.34. The Morgan fingerprint density at radius 3 is 2.87 bits per heavy atom. The predicted octanol–water partition coefficient (Wildman–Crippen LogP) is 2.13. The van der Waals surface area contributed by atoms with Crippen molar-refractivity contribution in [1.29, 1.82) is 0 Å². The number of hydrogen-bond acceptors (Lipinski definition) is 4. The van der Waals surface area contributed by atoms with Crippen LogP contribution in [0.3, 0.4) is 0 Å². The van der Waals surface area contributed by atoms with Gasteiger partial charge in [-0.3, -0.25) is 4.79 Å². The van der Waals surface area contributed by atoms with Crippen LogP contribution in [-0.4, -0.2) is 40.0 Å². The second-order valence-electron chi connectivity index (χ2n) is 6.21. The van der Waals surface area contributed by atoms with E-state index < -0.39 is 0 Å². The van der Waals surface area contributed by atoms with Crippen LogP contribution in [0.15, 0.2) is 18.3 Å². The summed E-state index contributed by atoms with van der Waals surface area (Å²) in [4.78, 5) is 26.5. The molecule has 0 aromatic carbocycles. The second-order valence-corrected chi connectivity index (χ2v) is 6.21. The van der Waals surface area contributed by atoms with Crippen LogP contribution in [0.4, 0.5) is 5.82 Å². The monoisotopic (exact) mass is 313 g/mol. The summed E-state index contributed by atoms with van der Waals surface area (Å²) < 4.78 is 0. The number of aromatic nitrogens is 3. The molecule has 1 fully saturated rings. The first kappa shape index (κ1) is 15.5. The molecule has 0 aliphatic carbocycles. The molecule has 0 bridgehead atoms. The maximum Gasteiger partial charge on any atom is 0.268 e. The maximum atomic E-state index is 12.4. The van der Waals surface area contributed by atoms with Gasteiger partial charge >= 0.3 is 0 Å². The topological polar surface area (TPSA) is 73.9 Å². The minimum atomic E-state index is -0.0330. The van der Waals surface area contributed by atoms with Crippen molar-refractivity contribution in [2.24, 2.45) is 0 Å². The number of anilines is 1. The van der Waals surface area contributed by atoms with Crippen LogP contribution in [0.5, 0.6) is 0 Å². The van der Waals surface area contributed by atoms with Gasteiger partial charge in [-0.25, -0.2) is 9.97 Å². The maximum absolute atomic E-state index is 12.4. The Kier molecular flexibility index (Phi) is 4.32. The van der Waals surface area contributed by atoms with E-state index in [0.29, 0.717) is 5.69 Å². The molecule has 2 aromatic rings. The molecular formula is C17H23N5O. The van der Waals surface area contributed by atoms with Crippen LogP contribution in [0, 0.1) is 20.8 Å². The number of aryl methyl sites for hydroxylation is 3. The Labute approximate surface area is 136 Å². The molecule has 1 aliphatic heterocycles. The normalized spacial score (nSPS) is 18.0. The first-order valence-electron chi connectivity index (χ1n) is 8.05. The zero-order chi connectivity index (χ0) is 16.4. The van der Waals surface area contributed by atoms with Gasteiger partial charge in [0.2, 0.25) is 0 Å². The highest BCUT2D eigenvalue weighted by atomic mass is 16.2. The van der Waals surface area contributed by atoms with Crippen LogP contribution < -0.4 is 10.2 Å². The van der Waals surface area contributed by atoms with Crippen molar-refractivity contribution in [3.05, 3.63) is 41.1 Å². The Bertz CT molecular complexity index is 689. The van der Waals surface area contributed by atoms with Gasteiger partial charge in [-0.1, -0.05) is 0 Å². The number of carbonyl (C=O) groups excluding carboxylic acids is 1. The largest absolute Gasteiger partial charge is 0.357 e. The van der Waals surface area contributed by atoms with E-state index >= 15 is 0 Å². The predicted molar refractivity (Wildman–Crippen MR) is 89.7 cm³/mol. The molecule has 0 radical (unpaired) electrons. The third-order valence-corrected chi connectivity index (χ3v) is 4.22. The molecule has 23 heavy (non-hydrogen) atoms. The number of rotatable bonds is 3. The lowest BCUT2D eigenvalue weighted by molar-refractivity contribution is 0.0928. The quantitative estimate of drug-likeness (QED) is 0.910. The third-order valence-electron chi connectivity index (χ3n) is 4.22. The van der Waals surface area contributed by atoms with Crippen LogP contribution in [0.25, 0.3) is 0 Å². The van der Waals surface area contributed by atoms with E-state index in [4.69, 9.17) is 0 Å². The van der Waals surface area contributed by atoms with Gasteiger partial charge in [0, 0.05) is 37.1 Å². The van der Waals surface area contributed by atoms with Crippen molar-refractivity contribution in [3.63, 3.8) is 0 Å². The summed E-state index contributed by atoms with van der Waals surface area (Å²) in [6.45, 7) is 7.57. The first-order chi connectivity index (χ1) is 11.0. The lowest BCUT2D eigenvalue weighted by Crippen LogP contribution is -2.48. The highest BCUT2D eigenvalue weighted by molar-refractivity contribution is 5.94. The standard InChI is InChI=1S/C17H23N5O/c1-11-6-7-18-16(11)17(23)21-14-5-4-8-22(10-14)15-9-12(2)19-13(3)20-15/h6-7,9,14,18H,4-5,8,10H2,1-3H3,(H,21,23). The molecule has 6 heteroatoms. The van der Waals surface area contributed by atoms with E-state index in [9.17, 15) is 4.79 Å². The fraction of sp³-hybridized carbons (Fsp3) is 0.471. The minimum absolute atomic E-state index is 0.0330. The van der Waals surface area contributed by atoms with E-state index in [1.165, 1.54) is 0 Å². The molecule has 1 unspecified atom stereocenters. The van der Waals surface area contributed by atoms with Gasteiger partial charge < -0.3 is 15.2 Å². The van der Waals surface area contributed by atoms with Crippen molar-refractivity contribution in [2.75, 3.05) is 18.0 Å². The van der Waals surface area contributed by atoms with E-state index in [0.717, 1.165) is 48.8 Å². The summed E-state index contributed by atoms with van der Waals surface area (Å²) in [6.07, 6.45) is 3.83. The summed E-state index contributed by atoms with van der Waals surface area (Å²) in [5.74, 6) is 1.70. The van der Waals surface area contributed by atoms with E-state index in [1.807, 2.05) is 32.9 Å². The van der Waals surface area contributed by atoms with Crippen LogP contribution in [0.1, 0.15) is 40.4 Å². The van der Waals surface area contributed by atoms with E-state index in [1.54, 1.807) is 6.20 Å². The van der Waals surface area contributed by atoms with Crippen molar-refractivity contribution in [2.45, 2.75) is 39.7 Å². The zero-order valence-corrected chi connectivity index (χ0v) is 13.9. The average molecular weight is 313 g/mol. The zero-order valence-electron chi connectivity index (χ0n) is 13.9. The summed E-state index contributed by atoms with van der Waals surface area (Å²) in [5, 5.41) is 3.14. The number of aromatic amines is 1. The molecule has 1 atom stereocenters. The Morgan fingerprint density at radius 1 is 1.35 bits per heavy atom. The molecule has 2 aromatic heterocycles. The molecule has 1 aliphatic rings. The molecule has 3 heterocycles. The fourth-order valence-corrected chi connectivity index (χ4v) is 3.11. The van der Waals surface area contributed by atoms with Gasteiger partial charge in [-0.05, 0) is 45.2 Å². The minimum Gasteiger partial charge on any atom is -0.357 e. The van der Waals surface area contributed by atoms with Crippen molar-refractivity contribution >= 4 is 11.7 Å². The van der Waals surface area contributed by atoms with Gasteiger partial charge in [0.25, 0.3) is 5.91 Å². The number of carbonyl (C=O) groups is 1. The molecule has 0 saturated carbocycles. The number of nitrogens with one attached hydrogen (secondary N) is 2.